The van der Waals surface area contributed by atoms with E-state index in [4.69, 9.17) is 17.3 Å². The number of nitrogens with zero attached hydrogens (tertiary/aromatic N) is 1. The van der Waals surface area contributed by atoms with Crippen molar-refractivity contribution in [3.8, 4) is 0 Å². The van der Waals surface area contributed by atoms with Crippen molar-refractivity contribution in [1.82, 2.24) is 4.90 Å². The first-order valence-corrected chi connectivity index (χ1v) is 7.28. The fraction of sp³-hybridized carbons (Fsp3) is 0.600. The average molecular weight is 285 g/mol. The molecule has 1 aliphatic rings. The van der Waals surface area contributed by atoms with Crippen LogP contribution in [-0.4, -0.2) is 24.5 Å². The van der Waals surface area contributed by atoms with Gasteiger partial charge in [-0.05, 0) is 30.4 Å². The van der Waals surface area contributed by atoms with Crippen LogP contribution in [0.2, 0.25) is 5.02 Å². The Morgan fingerprint density at radius 2 is 2.00 bits per heavy atom. The highest BCUT2D eigenvalue weighted by molar-refractivity contribution is 6.31. The topological polar surface area (TPSA) is 29.3 Å². The standard InChI is InChI=1S/C15H22ClFN2/c1-10-6-11(2)9-19(8-10)14(7-18)15-12(16)4-3-5-13(15)17/h3-5,10-11,14H,6-9,18H2,1-2H3. The number of hydrogen-bond acceptors (Lipinski definition) is 2. The van der Waals surface area contributed by atoms with E-state index in [-0.39, 0.29) is 11.9 Å². The summed E-state index contributed by atoms with van der Waals surface area (Å²) in [7, 11) is 0. The number of benzene rings is 1. The lowest BCUT2D eigenvalue weighted by atomic mass is 9.89. The molecule has 4 heteroatoms. The van der Waals surface area contributed by atoms with E-state index in [9.17, 15) is 4.39 Å². The van der Waals surface area contributed by atoms with Crippen molar-refractivity contribution < 1.29 is 4.39 Å². The smallest absolute Gasteiger partial charge is 0.129 e. The van der Waals surface area contributed by atoms with Gasteiger partial charge in [0.25, 0.3) is 0 Å². The number of rotatable bonds is 3. The molecule has 3 atom stereocenters. The van der Waals surface area contributed by atoms with Crippen LogP contribution in [0.1, 0.15) is 31.9 Å². The van der Waals surface area contributed by atoms with Gasteiger partial charge >= 0.3 is 0 Å². The van der Waals surface area contributed by atoms with E-state index in [0.29, 0.717) is 29.0 Å². The van der Waals surface area contributed by atoms with E-state index < -0.39 is 0 Å². The predicted molar refractivity (Wildman–Crippen MR) is 77.7 cm³/mol. The van der Waals surface area contributed by atoms with Crippen molar-refractivity contribution in [1.29, 1.82) is 0 Å². The van der Waals surface area contributed by atoms with Gasteiger partial charge in [0.15, 0.2) is 0 Å². The second-order valence-corrected chi connectivity index (χ2v) is 6.19. The van der Waals surface area contributed by atoms with E-state index >= 15 is 0 Å². The van der Waals surface area contributed by atoms with E-state index in [2.05, 4.69) is 18.7 Å². The van der Waals surface area contributed by atoms with Crippen LogP contribution in [0.5, 0.6) is 0 Å². The SMILES string of the molecule is CC1CC(C)CN(C(CN)c2c(F)cccc2Cl)C1. The molecule has 2 N–H and O–H groups in total. The average Bonchev–Trinajstić information content (AvgIpc) is 2.32. The Hall–Kier alpha value is -0.640. The van der Waals surface area contributed by atoms with Gasteiger partial charge in [0.2, 0.25) is 0 Å². The van der Waals surface area contributed by atoms with Gasteiger partial charge in [0, 0.05) is 30.2 Å². The third-order valence-corrected chi connectivity index (χ3v) is 4.22. The molecule has 1 aromatic carbocycles. The Morgan fingerprint density at radius 1 is 1.37 bits per heavy atom. The van der Waals surface area contributed by atoms with E-state index in [1.165, 1.54) is 12.5 Å². The van der Waals surface area contributed by atoms with Crippen LogP contribution >= 0.6 is 11.6 Å². The van der Waals surface area contributed by atoms with Gasteiger partial charge < -0.3 is 5.73 Å². The van der Waals surface area contributed by atoms with Gasteiger partial charge in [0.05, 0.1) is 6.04 Å². The largest absolute Gasteiger partial charge is 0.329 e. The second kappa shape index (κ2) is 6.21. The summed E-state index contributed by atoms with van der Waals surface area (Å²) in [5.41, 5.74) is 6.45. The Labute approximate surface area is 119 Å². The van der Waals surface area contributed by atoms with Crippen LogP contribution < -0.4 is 5.73 Å². The van der Waals surface area contributed by atoms with Gasteiger partial charge in [-0.1, -0.05) is 31.5 Å². The van der Waals surface area contributed by atoms with Crippen molar-refractivity contribution in [2.75, 3.05) is 19.6 Å². The normalized spacial score (nSPS) is 26.4. The third-order valence-electron chi connectivity index (χ3n) is 3.89. The lowest BCUT2D eigenvalue weighted by Crippen LogP contribution is -2.43. The summed E-state index contributed by atoms with van der Waals surface area (Å²) < 4.78 is 14.1. The Bertz CT molecular complexity index is 408. The zero-order valence-electron chi connectivity index (χ0n) is 11.6. The third kappa shape index (κ3) is 3.28. The fourth-order valence-corrected chi connectivity index (χ4v) is 3.53. The molecule has 1 aliphatic heterocycles. The molecule has 0 aromatic heterocycles. The molecule has 0 radical (unpaired) electrons. The quantitative estimate of drug-likeness (QED) is 0.921. The first kappa shape index (κ1) is 14.8. The Morgan fingerprint density at radius 3 is 2.53 bits per heavy atom. The minimum Gasteiger partial charge on any atom is -0.329 e. The maximum absolute atomic E-state index is 14.1. The molecular weight excluding hydrogens is 263 g/mol. The van der Waals surface area contributed by atoms with Gasteiger partial charge in [-0.2, -0.15) is 0 Å². The molecule has 1 saturated heterocycles. The summed E-state index contributed by atoms with van der Waals surface area (Å²) >= 11 is 6.17. The number of piperidine rings is 1. The molecule has 1 aromatic rings. The second-order valence-electron chi connectivity index (χ2n) is 5.79. The first-order valence-electron chi connectivity index (χ1n) is 6.91. The zero-order valence-corrected chi connectivity index (χ0v) is 12.3. The number of nitrogens with two attached hydrogens (primary N) is 1. The maximum Gasteiger partial charge on any atom is 0.129 e. The highest BCUT2D eigenvalue weighted by atomic mass is 35.5. The molecule has 19 heavy (non-hydrogen) atoms. The number of halogens is 2. The Kier molecular flexibility index (Phi) is 4.82. The molecule has 3 unspecified atom stereocenters. The molecule has 0 amide bonds. The highest BCUT2D eigenvalue weighted by Crippen LogP contribution is 2.33. The van der Waals surface area contributed by atoms with Crippen molar-refractivity contribution in [3.05, 3.63) is 34.6 Å². The van der Waals surface area contributed by atoms with Crippen molar-refractivity contribution >= 4 is 11.6 Å². The summed E-state index contributed by atoms with van der Waals surface area (Å²) in [5, 5.41) is 0.473. The van der Waals surface area contributed by atoms with Crippen molar-refractivity contribution in [2.45, 2.75) is 26.3 Å². The molecule has 2 nitrogen and oxygen atoms in total. The van der Waals surface area contributed by atoms with Gasteiger partial charge in [-0.15, -0.1) is 0 Å². The van der Waals surface area contributed by atoms with Crippen LogP contribution in [-0.2, 0) is 0 Å². The van der Waals surface area contributed by atoms with Crippen LogP contribution in [0, 0.1) is 17.7 Å². The van der Waals surface area contributed by atoms with Crippen LogP contribution in [0.15, 0.2) is 18.2 Å². The van der Waals surface area contributed by atoms with Crippen molar-refractivity contribution in [3.63, 3.8) is 0 Å². The van der Waals surface area contributed by atoms with Crippen LogP contribution in [0.3, 0.4) is 0 Å². The van der Waals surface area contributed by atoms with Crippen LogP contribution in [0.4, 0.5) is 4.39 Å². The predicted octanol–water partition coefficient (Wildman–Crippen LogP) is 3.46. The molecule has 0 saturated carbocycles. The summed E-state index contributed by atoms with van der Waals surface area (Å²) in [6.45, 7) is 6.77. The van der Waals surface area contributed by atoms with Crippen LogP contribution in [0.25, 0.3) is 0 Å². The van der Waals surface area contributed by atoms with E-state index in [0.717, 1.165) is 13.1 Å². The molecule has 0 aliphatic carbocycles. The molecule has 0 spiro atoms. The van der Waals surface area contributed by atoms with E-state index in [1.807, 2.05) is 0 Å². The number of likely N-dealkylation sites (tertiary alicyclic amines) is 1. The van der Waals surface area contributed by atoms with E-state index in [1.54, 1.807) is 12.1 Å². The monoisotopic (exact) mass is 284 g/mol. The summed E-state index contributed by atoms with van der Waals surface area (Å²) in [5.74, 6) is 0.973. The summed E-state index contributed by atoms with van der Waals surface area (Å²) in [6, 6.07) is 4.70. The summed E-state index contributed by atoms with van der Waals surface area (Å²) in [4.78, 5) is 2.28. The first-order chi connectivity index (χ1) is 9.02. The number of hydrogen-bond donors (Lipinski definition) is 1. The highest BCUT2D eigenvalue weighted by Gasteiger charge is 2.30. The minimum atomic E-state index is -0.256. The fourth-order valence-electron chi connectivity index (χ4n) is 3.24. The molecular formula is C15H22ClFN2. The van der Waals surface area contributed by atoms with Gasteiger partial charge in [0.1, 0.15) is 5.82 Å². The summed E-state index contributed by atoms with van der Waals surface area (Å²) in [6.07, 6.45) is 1.22. The Balaban J connectivity index is 2.29. The molecule has 0 bridgehead atoms. The molecule has 1 heterocycles. The zero-order chi connectivity index (χ0) is 14.0. The maximum atomic E-state index is 14.1. The van der Waals surface area contributed by atoms with Gasteiger partial charge in [-0.3, -0.25) is 4.90 Å². The minimum absolute atomic E-state index is 0.126. The van der Waals surface area contributed by atoms with Crippen molar-refractivity contribution in [2.24, 2.45) is 17.6 Å². The lowest BCUT2D eigenvalue weighted by molar-refractivity contribution is 0.0967. The van der Waals surface area contributed by atoms with Gasteiger partial charge in [-0.25, -0.2) is 4.39 Å². The molecule has 106 valence electrons. The molecule has 2 rings (SSSR count). The molecule has 1 fully saturated rings. The lowest BCUT2D eigenvalue weighted by Gasteiger charge is -2.40.